The summed E-state index contributed by atoms with van der Waals surface area (Å²) in [4.78, 5) is 27.6. The zero-order valence-corrected chi connectivity index (χ0v) is 20.6. The standard InChI is InChI=1S/C27H29N3O7/c1-33-20-7-5-19(6-8-20)24-14-22(29-37-24)27(32)30(16-21-3-2-12-34-21)11-10-26(31)28-15-18-4-9-23-25(13-18)36-17-35-23/h4-9,13-14,21H,2-3,10-12,15-17H2,1H3,(H,28,31)/t21-/m0/s1. The van der Waals surface area contributed by atoms with Crippen molar-refractivity contribution in [3.63, 3.8) is 0 Å². The van der Waals surface area contributed by atoms with Crippen molar-refractivity contribution < 1.29 is 33.1 Å². The van der Waals surface area contributed by atoms with Crippen LogP contribution in [0.25, 0.3) is 11.3 Å². The lowest BCUT2D eigenvalue weighted by atomic mass is 10.1. The lowest BCUT2D eigenvalue weighted by Crippen LogP contribution is -2.40. The molecular weight excluding hydrogens is 478 g/mol. The zero-order valence-electron chi connectivity index (χ0n) is 20.6. The van der Waals surface area contributed by atoms with E-state index in [1.54, 1.807) is 18.1 Å². The van der Waals surface area contributed by atoms with Crippen molar-refractivity contribution in [3.8, 4) is 28.6 Å². The topological polar surface area (TPSA) is 112 Å². The highest BCUT2D eigenvalue weighted by Crippen LogP contribution is 2.32. The molecule has 0 unspecified atom stereocenters. The molecule has 10 nitrogen and oxygen atoms in total. The van der Waals surface area contributed by atoms with Crippen LogP contribution in [-0.4, -0.2) is 61.6 Å². The summed E-state index contributed by atoms with van der Waals surface area (Å²) in [6, 6.07) is 14.5. The second-order valence-electron chi connectivity index (χ2n) is 8.91. The Morgan fingerprint density at radius 2 is 1.95 bits per heavy atom. The maximum Gasteiger partial charge on any atom is 0.276 e. The van der Waals surface area contributed by atoms with Gasteiger partial charge in [0.15, 0.2) is 23.0 Å². The third kappa shape index (κ3) is 6.03. The van der Waals surface area contributed by atoms with Gasteiger partial charge >= 0.3 is 0 Å². The summed E-state index contributed by atoms with van der Waals surface area (Å²) >= 11 is 0. The monoisotopic (exact) mass is 507 g/mol. The molecule has 2 aromatic carbocycles. The first-order chi connectivity index (χ1) is 18.1. The first-order valence-electron chi connectivity index (χ1n) is 12.3. The van der Waals surface area contributed by atoms with Crippen LogP contribution in [0.1, 0.15) is 35.3 Å². The Bertz CT molecular complexity index is 1240. The van der Waals surface area contributed by atoms with Crippen LogP contribution >= 0.6 is 0 Å². The largest absolute Gasteiger partial charge is 0.497 e. The molecule has 2 aliphatic rings. The van der Waals surface area contributed by atoms with E-state index in [0.29, 0.717) is 37.0 Å². The SMILES string of the molecule is COc1ccc(-c2cc(C(=O)N(CCC(=O)NCc3ccc4c(c3)OCO4)C[C@@H]3CCCO3)no2)cc1. The Balaban J connectivity index is 1.20. The lowest BCUT2D eigenvalue weighted by Gasteiger charge is -2.24. The second kappa shape index (κ2) is 11.3. The smallest absolute Gasteiger partial charge is 0.276 e. The second-order valence-corrected chi connectivity index (χ2v) is 8.91. The highest BCUT2D eigenvalue weighted by atomic mass is 16.7. The van der Waals surface area contributed by atoms with E-state index in [1.165, 1.54) is 0 Å². The normalized spacial score (nSPS) is 16.0. The van der Waals surface area contributed by atoms with Gasteiger partial charge in [-0.2, -0.15) is 0 Å². The molecule has 1 fully saturated rings. The third-order valence-electron chi connectivity index (χ3n) is 6.37. The van der Waals surface area contributed by atoms with Gasteiger partial charge in [0.2, 0.25) is 12.7 Å². The summed E-state index contributed by atoms with van der Waals surface area (Å²) in [6.07, 6.45) is 1.91. The van der Waals surface area contributed by atoms with Crippen molar-refractivity contribution in [2.75, 3.05) is 33.6 Å². The predicted molar refractivity (Wildman–Crippen MR) is 132 cm³/mol. The van der Waals surface area contributed by atoms with Crippen molar-refractivity contribution in [2.24, 2.45) is 0 Å². The number of amides is 2. The minimum absolute atomic E-state index is 0.0615. The van der Waals surface area contributed by atoms with Crippen molar-refractivity contribution in [3.05, 3.63) is 59.8 Å². The van der Waals surface area contributed by atoms with E-state index >= 15 is 0 Å². The minimum atomic E-state index is -0.303. The van der Waals surface area contributed by atoms with Gasteiger partial charge in [0.1, 0.15) is 5.75 Å². The predicted octanol–water partition coefficient (Wildman–Crippen LogP) is 3.41. The number of carbonyl (C=O) groups is 2. The van der Waals surface area contributed by atoms with Gasteiger partial charge in [-0.15, -0.1) is 0 Å². The van der Waals surface area contributed by atoms with Gasteiger partial charge < -0.3 is 33.7 Å². The average molecular weight is 508 g/mol. The van der Waals surface area contributed by atoms with Gasteiger partial charge in [0, 0.05) is 44.3 Å². The van der Waals surface area contributed by atoms with Crippen LogP contribution in [0.3, 0.4) is 0 Å². The molecule has 1 saturated heterocycles. The molecule has 3 aromatic rings. The number of hydrogen-bond donors (Lipinski definition) is 1. The van der Waals surface area contributed by atoms with Gasteiger partial charge in [-0.05, 0) is 54.8 Å². The van der Waals surface area contributed by atoms with Gasteiger partial charge in [-0.3, -0.25) is 9.59 Å². The number of ether oxygens (including phenoxy) is 4. The average Bonchev–Trinajstić information content (AvgIpc) is 3.71. The van der Waals surface area contributed by atoms with Crippen LogP contribution in [0.2, 0.25) is 0 Å². The van der Waals surface area contributed by atoms with E-state index in [0.717, 1.165) is 29.7 Å². The van der Waals surface area contributed by atoms with E-state index < -0.39 is 0 Å². The van der Waals surface area contributed by atoms with E-state index in [2.05, 4.69) is 10.5 Å². The first-order valence-corrected chi connectivity index (χ1v) is 12.3. The molecule has 0 bridgehead atoms. The Hall–Kier alpha value is -4.05. The fourth-order valence-electron chi connectivity index (χ4n) is 4.32. The number of rotatable bonds is 10. The molecule has 37 heavy (non-hydrogen) atoms. The van der Waals surface area contributed by atoms with Crippen molar-refractivity contribution in [1.29, 1.82) is 0 Å². The highest BCUT2D eigenvalue weighted by molar-refractivity contribution is 5.93. The van der Waals surface area contributed by atoms with Gasteiger partial charge in [-0.25, -0.2) is 0 Å². The maximum atomic E-state index is 13.3. The summed E-state index contributed by atoms with van der Waals surface area (Å²) in [5.74, 6) is 2.09. The third-order valence-corrected chi connectivity index (χ3v) is 6.37. The molecule has 194 valence electrons. The van der Waals surface area contributed by atoms with Crippen molar-refractivity contribution in [2.45, 2.75) is 31.9 Å². The van der Waals surface area contributed by atoms with Gasteiger partial charge in [0.05, 0.1) is 13.2 Å². The molecule has 0 saturated carbocycles. The van der Waals surface area contributed by atoms with E-state index in [9.17, 15) is 9.59 Å². The number of carbonyl (C=O) groups excluding carboxylic acids is 2. The number of benzene rings is 2. The summed E-state index contributed by atoms with van der Waals surface area (Å²) in [7, 11) is 1.60. The molecule has 3 heterocycles. The molecule has 1 aromatic heterocycles. The van der Waals surface area contributed by atoms with Crippen LogP contribution in [0.5, 0.6) is 17.2 Å². The van der Waals surface area contributed by atoms with Crippen LogP contribution in [0, 0.1) is 0 Å². The maximum absolute atomic E-state index is 13.3. The molecule has 0 aliphatic carbocycles. The minimum Gasteiger partial charge on any atom is -0.497 e. The number of methoxy groups -OCH3 is 1. The molecule has 1 atom stereocenters. The Morgan fingerprint density at radius 1 is 1.11 bits per heavy atom. The fourth-order valence-corrected chi connectivity index (χ4v) is 4.32. The van der Waals surface area contributed by atoms with Crippen LogP contribution in [0.4, 0.5) is 0 Å². The Kier molecular flexibility index (Phi) is 7.55. The molecule has 2 amide bonds. The molecule has 5 rings (SSSR count). The van der Waals surface area contributed by atoms with Gasteiger partial charge in [0.25, 0.3) is 5.91 Å². The number of hydrogen-bond acceptors (Lipinski definition) is 8. The quantitative estimate of drug-likeness (QED) is 0.444. The molecule has 1 N–H and O–H groups in total. The highest BCUT2D eigenvalue weighted by Gasteiger charge is 2.26. The Morgan fingerprint density at radius 3 is 2.73 bits per heavy atom. The van der Waals surface area contributed by atoms with Gasteiger partial charge in [-0.1, -0.05) is 11.2 Å². The number of nitrogens with zero attached hydrogens (tertiary/aromatic N) is 2. The van der Waals surface area contributed by atoms with Crippen molar-refractivity contribution >= 4 is 11.8 Å². The lowest BCUT2D eigenvalue weighted by molar-refractivity contribution is -0.121. The van der Waals surface area contributed by atoms with E-state index in [4.69, 9.17) is 23.5 Å². The summed E-state index contributed by atoms with van der Waals surface area (Å²) in [5, 5.41) is 6.91. The number of aromatic nitrogens is 1. The summed E-state index contributed by atoms with van der Waals surface area (Å²) in [5.41, 5.74) is 1.86. The molecule has 10 heteroatoms. The molecule has 0 spiro atoms. The van der Waals surface area contributed by atoms with Crippen molar-refractivity contribution in [1.82, 2.24) is 15.4 Å². The first kappa shape index (κ1) is 24.6. The fraction of sp³-hybridized carbons (Fsp3) is 0.370. The zero-order chi connectivity index (χ0) is 25.6. The van der Waals surface area contributed by atoms with E-state index in [1.807, 2.05) is 42.5 Å². The summed E-state index contributed by atoms with van der Waals surface area (Å²) < 4.78 is 27.1. The Labute approximate surface area is 214 Å². The summed E-state index contributed by atoms with van der Waals surface area (Å²) in [6.45, 7) is 1.85. The van der Waals surface area contributed by atoms with Crippen LogP contribution < -0.4 is 19.5 Å². The van der Waals surface area contributed by atoms with E-state index in [-0.39, 0.29) is 43.4 Å². The van der Waals surface area contributed by atoms with Crippen LogP contribution in [0.15, 0.2) is 53.1 Å². The number of fused-ring (bicyclic) bond motifs is 1. The number of nitrogens with one attached hydrogen (secondary N) is 1. The molecule has 0 radical (unpaired) electrons. The molecule has 2 aliphatic heterocycles. The van der Waals surface area contributed by atoms with Crippen LogP contribution in [-0.2, 0) is 16.1 Å². The molecular formula is C27H29N3O7.